The lowest BCUT2D eigenvalue weighted by molar-refractivity contribution is -0.157. The molecule has 12 N–H and O–H groups in total. The molecule has 100 heavy (non-hydrogen) atoms. The maximum Gasteiger partial charge on any atom is 0.509 e. The van der Waals surface area contributed by atoms with E-state index in [1.807, 2.05) is 6.92 Å². The smallest absolute Gasteiger partial charge is 0.509 e. The van der Waals surface area contributed by atoms with Crippen molar-refractivity contribution in [2.45, 2.75) is 99.4 Å². The molecular formula is C73H81N5O22. The van der Waals surface area contributed by atoms with Gasteiger partial charge in [0.25, 0.3) is 0 Å². The Kier molecular flexibility index (Phi) is 19.0. The van der Waals surface area contributed by atoms with E-state index < -0.39 is 192 Å². The van der Waals surface area contributed by atoms with E-state index in [2.05, 4.69) is 21.3 Å². The van der Waals surface area contributed by atoms with Crippen LogP contribution in [0.1, 0.15) is 79.3 Å². The Morgan fingerprint density at radius 2 is 1.00 bits per heavy atom. The minimum Gasteiger partial charge on any atom is -0.509 e. The van der Waals surface area contributed by atoms with Crippen LogP contribution in [0, 0.1) is 47.9 Å². The number of aliphatic hydroxyl groups is 7. The van der Waals surface area contributed by atoms with Crippen LogP contribution in [0.2, 0.25) is 0 Å². The maximum absolute atomic E-state index is 14.3. The second-order valence-corrected chi connectivity index (χ2v) is 27.3. The summed E-state index contributed by atoms with van der Waals surface area (Å²) in [4.78, 5) is 124. The third kappa shape index (κ3) is 9.98. The van der Waals surface area contributed by atoms with Gasteiger partial charge in [0.2, 0.25) is 11.4 Å². The third-order valence-electron chi connectivity index (χ3n) is 22.1. The number of hydrogen-bond acceptors (Lipinski definition) is 27. The van der Waals surface area contributed by atoms with Crippen molar-refractivity contribution in [2.75, 3.05) is 70.6 Å². The van der Waals surface area contributed by atoms with Crippen molar-refractivity contribution in [3.63, 3.8) is 0 Å². The van der Waals surface area contributed by atoms with Crippen molar-refractivity contribution in [1.82, 2.24) is 25.3 Å². The molecule has 3 aromatic rings. The molecule has 3 aromatic carbocycles. The summed E-state index contributed by atoms with van der Waals surface area (Å²) >= 11 is 0. The molecule has 27 nitrogen and oxygen atoms in total. The van der Waals surface area contributed by atoms with Crippen LogP contribution in [0.15, 0.2) is 105 Å². The summed E-state index contributed by atoms with van der Waals surface area (Å²) in [5, 5.41) is 116. The molecule has 0 aliphatic heterocycles. The summed E-state index contributed by atoms with van der Waals surface area (Å²) in [6, 6.07) is 11.2. The van der Waals surface area contributed by atoms with Gasteiger partial charge in [-0.2, -0.15) is 0 Å². The largest absolute Gasteiger partial charge is 0.509 e. The number of rotatable bonds is 9. The first kappa shape index (κ1) is 72.9. The lowest BCUT2D eigenvalue weighted by atomic mass is 9.52. The van der Waals surface area contributed by atoms with Gasteiger partial charge in [-0.15, -0.1) is 6.42 Å². The fourth-order valence-electron chi connectivity index (χ4n) is 17.9. The molecule has 0 unspecified atom stereocenters. The van der Waals surface area contributed by atoms with Crippen LogP contribution in [0.5, 0.6) is 17.2 Å². The van der Waals surface area contributed by atoms with Crippen LogP contribution >= 0.6 is 0 Å². The van der Waals surface area contributed by atoms with E-state index in [-0.39, 0.29) is 63.0 Å². The normalized spacial score (nSPS) is 31.8. The van der Waals surface area contributed by atoms with Crippen molar-refractivity contribution in [1.29, 1.82) is 0 Å². The summed E-state index contributed by atoms with van der Waals surface area (Å²) in [6.45, 7) is 5.93. The maximum atomic E-state index is 14.3. The van der Waals surface area contributed by atoms with Crippen LogP contribution in [0.3, 0.4) is 0 Å². The van der Waals surface area contributed by atoms with E-state index in [0.717, 1.165) is 21.0 Å². The lowest BCUT2D eigenvalue weighted by Gasteiger charge is -2.56. The first-order valence-corrected chi connectivity index (χ1v) is 32.2. The molecule has 27 heteroatoms. The van der Waals surface area contributed by atoms with Crippen LogP contribution in [0.25, 0.3) is 17.3 Å². The van der Waals surface area contributed by atoms with E-state index in [4.69, 9.17) is 15.9 Å². The number of aliphatic hydroxyl groups excluding tert-OH is 7. The molecule has 3 saturated carbocycles. The number of likely N-dealkylation sites (N-methyl/N-ethyl adjacent to an activating group) is 5. The van der Waals surface area contributed by atoms with Crippen molar-refractivity contribution < 1.29 is 108 Å². The van der Waals surface area contributed by atoms with Gasteiger partial charge in [0.15, 0.2) is 46.2 Å². The predicted molar refractivity (Wildman–Crippen MR) is 357 cm³/mol. The van der Waals surface area contributed by atoms with Crippen LogP contribution in [-0.2, 0) is 59.0 Å². The van der Waals surface area contributed by atoms with Gasteiger partial charge in [-0.25, -0.2) is 4.79 Å². The summed E-state index contributed by atoms with van der Waals surface area (Å²) in [7, 11) is 15.1. The molecule has 0 amide bonds. The van der Waals surface area contributed by atoms with Crippen molar-refractivity contribution in [2.24, 2.45) is 35.5 Å². The third-order valence-corrected chi connectivity index (χ3v) is 22.1. The Balaban J connectivity index is 0.000000162. The zero-order chi connectivity index (χ0) is 74.1. The highest BCUT2D eigenvalue weighted by Crippen LogP contribution is 2.60. The molecule has 0 heterocycles. The number of methoxy groups -OCH3 is 2. The van der Waals surface area contributed by atoms with Gasteiger partial charge in [0.05, 0.1) is 54.1 Å². The number of fused-ring (bicyclic) bond motifs is 9. The molecule has 9 aliphatic carbocycles. The standard InChI is InChI=1S/C25H30N2O7.C24H28N2O7.C24H23NO8/c1-10-12-8-7-9-13(29)16(12)20(30)17-14(10)22(34-6)18-19(27(4)5)21(31)15(11(2)28)23(32)25(18,26-3)24(17)33;1-9-11-7-6-8-12(28)15(11)19(29)16-13(9)20(30)17-18(26(4)5)21(31)14(10(2)27)22(32)24(17,25-3)23(16)33;1-5-13-19(27)18(25(2)3)14-10-12-9-11-7-6-8-15(26)16(11)20(28)17(12)22(30)24(14,21(13)29)33-23(31)32-4/h7-10,14,18-19,22,26,29-30,32H,1-6H3;6-9,13,17-18,20,25,28-30,32H,1-5H3;1,6-8,12,14,18,26,28-29H,9-10H2,2-4H3/t10-,14+,18-,19-,22+,25+;9-,13+,17-,18-,20+,24+;12-,14-,18-,24+/m000/s1. The van der Waals surface area contributed by atoms with Gasteiger partial charge in [-0.05, 0) is 136 Å². The Hall–Kier alpha value is -9.79. The monoisotopic (exact) mass is 1380 g/mol. The molecular weight excluding hydrogens is 1300 g/mol. The molecule has 530 valence electrons. The number of hydrogen-bond donors (Lipinski definition) is 12. The van der Waals surface area contributed by atoms with E-state index >= 15 is 0 Å². The van der Waals surface area contributed by atoms with E-state index in [0.29, 0.717) is 23.1 Å². The van der Waals surface area contributed by atoms with Crippen molar-refractivity contribution in [3.8, 4) is 29.6 Å². The van der Waals surface area contributed by atoms with Crippen molar-refractivity contribution in [3.05, 3.63) is 139 Å². The van der Waals surface area contributed by atoms with Crippen LogP contribution in [-0.4, -0.2) is 236 Å². The fourth-order valence-corrected chi connectivity index (χ4v) is 17.9. The Morgan fingerprint density at radius 1 is 0.570 bits per heavy atom. The average Bonchev–Trinajstić information content (AvgIpc) is 0.694. The van der Waals surface area contributed by atoms with E-state index in [9.17, 15) is 94.2 Å². The number of carbonyl (C=O) groups is 9. The number of nitrogens with one attached hydrogen (secondary N) is 2. The molecule has 12 rings (SSSR count). The lowest BCUT2D eigenvalue weighted by Crippen LogP contribution is -2.74. The number of ether oxygens (including phenoxy) is 3. The average molecular weight is 1380 g/mol. The SMILES string of the molecule is C#CC1=C(O)[C@@]2(OC(=O)OC)C(=O)C3=C(O)c4c(O)cccc4C[C@H]3C[C@H]2[C@H](N(C)C)C1=O.CN[C@]12C(=O)C3=C(O)c4c(O)cccc4[C@H](C)[C@H]3[C@@H](O)[C@@H]1[C@H](N(C)C)C(=O)C(C(C)=O)=C2O.CN[C@]12C(=O)C3=C(O)c4c(O)cccc4[C@H](C)[C@H]3[C@@H](OC)[C@@H]1[C@H](N(C)C)C(=O)C(C(C)=O)=C2O. The predicted octanol–water partition coefficient (Wildman–Crippen LogP) is 4.21. The van der Waals surface area contributed by atoms with Crippen LogP contribution < -0.4 is 10.6 Å². The molecule has 9 aliphatic rings. The second kappa shape index (κ2) is 26.1. The van der Waals surface area contributed by atoms with Gasteiger partial charge in [-0.1, -0.05) is 56.2 Å². The number of carbonyl (C=O) groups excluding carboxylic acids is 9. The van der Waals surface area contributed by atoms with Crippen LogP contribution in [0.4, 0.5) is 4.79 Å². The first-order chi connectivity index (χ1) is 47.0. The highest BCUT2D eigenvalue weighted by atomic mass is 16.7. The molecule has 0 spiro atoms. The Bertz CT molecular complexity index is 4370. The van der Waals surface area contributed by atoms with Gasteiger partial charge in [0.1, 0.15) is 73.8 Å². The first-order valence-electron chi connectivity index (χ1n) is 32.2. The quantitative estimate of drug-likeness (QED) is 0.0811. The minimum atomic E-state index is -2.38. The van der Waals surface area contributed by atoms with Gasteiger partial charge < -0.3 is 75.9 Å². The van der Waals surface area contributed by atoms with Gasteiger partial charge >= 0.3 is 6.16 Å². The molecule has 0 bridgehead atoms. The summed E-state index contributed by atoms with van der Waals surface area (Å²) in [5.74, 6) is -13.7. The van der Waals surface area contributed by atoms with E-state index in [1.54, 1.807) is 95.4 Å². The van der Waals surface area contributed by atoms with Gasteiger partial charge in [-0.3, -0.25) is 53.1 Å². The molecule has 3 fully saturated rings. The Labute approximate surface area is 575 Å². The fraction of sp³-hybridized carbons (Fsp3) is 0.438. The molecule has 0 saturated heterocycles. The number of aromatic hydroxyl groups is 3. The van der Waals surface area contributed by atoms with Gasteiger partial charge in [0, 0.05) is 53.4 Å². The van der Waals surface area contributed by atoms with E-state index in [1.165, 1.54) is 44.3 Å². The highest BCUT2D eigenvalue weighted by Gasteiger charge is 2.71. The molecule has 0 radical (unpaired) electrons. The second-order valence-electron chi connectivity index (χ2n) is 27.3. The number of terminal acetylenes is 1. The number of benzene rings is 3. The topological polar surface area (TPSA) is 417 Å². The highest BCUT2D eigenvalue weighted by molar-refractivity contribution is 6.27. The number of phenols is 3. The zero-order valence-electron chi connectivity index (χ0n) is 57.4. The molecule has 16 atom stereocenters. The number of Topliss-reactive ketones (excluding diaryl/α,β-unsaturated/α-hetero) is 8. The zero-order valence-corrected chi connectivity index (χ0v) is 57.4. The summed E-state index contributed by atoms with van der Waals surface area (Å²) < 4.78 is 16.0. The number of ketones is 8. The summed E-state index contributed by atoms with van der Waals surface area (Å²) in [6.07, 6.45) is 2.46. The molecule has 0 aromatic heterocycles. The van der Waals surface area contributed by atoms with Crippen molar-refractivity contribution >= 4 is 69.7 Å². The Morgan fingerprint density at radius 3 is 1.44 bits per heavy atom. The number of nitrogens with zero attached hydrogens (tertiary/aromatic N) is 3. The summed E-state index contributed by atoms with van der Waals surface area (Å²) in [5.41, 5.74) is -5.85. The minimum absolute atomic E-state index is 0.0137. The number of phenolic OH excluding ortho intramolecular Hbond substituents is 3.